The molecule has 0 saturated carbocycles. The third-order valence-electron chi connectivity index (χ3n) is 4.94. The van der Waals surface area contributed by atoms with E-state index in [2.05, 4.69) is 9.34 Å². The molecule has 0 bridgehead atoms. The average molecular weight is 601 g/mol. The summed E-state index contributed by atoms with van der Waals surface area (Å²) in [6, 6.07) is 0.310. The molecule has 2 N–H and O–H groups in total. The molecule has 0 fully saturated rings. The van der Waals surface area contributed by atoms with Crippen LogP contribution in [-0.4, -0.2) is 103 Å². The van der Waals surface area contributed by atoms with Gasteiger partial charge in [-0.2, -0.15) is 26.3 Å². The lowest BCUT2D eigenvalue weighted by atomic mass is 10.3. The van der Waals surface area contributed by atoms with Crippen LogP contribution in [0.1, 0.15) is 55.4 Å². The molecule has 0 rings (SSSR count). The Labute approximate surface area is 228 Å². The van der Waals surface area contributed by atoms with Crippen molar-refractivity contribution < 1.29 is 49.9 Å². The van der Waals surface area contributed by atoms with Gasteiger partial charge in [-0.1, -0.05) is 0 Å². The zero-order chi connectivity index (χ0) is 30.6. The molecule has 39 heavy (non-hydrogen) atoms. The topological polar surface area (TPSA) is 92.4 Å². The van der Waals surface area contributed by atoms with Crippen LogP contribution in [0, 0.1) is 0 Å². The van der Waals surface area contributed by atoms with E-state index >= 15 is 0 Å². The van der Waals surface area contributed by atoms with Crippen molar-refractivity contribution in [2.24, 2.45) is 0 Å². The van der Waals surface area contributed by atoms with Crippen LogP contribution in [0.2, 0.25) is 0 Å². The minimum Gasteiger partial charge on any atom is -0.377 e. The normalized spacial score (nSPS) is 13.3. The van der Waals surface area contributed by atoms with Crippen LogP contribution in [0.3, 0.4) is 0 Å². The zero-order valence-electron chi connectivity index (χ0n) is 23.8. The molecule has 232 valence electrons. The molecule has 0 saturated heterocycles. The maximum absolute atomic E-state index is 12.4. The highest BCUT2D eigenvalue weighted by Gasteiger charge is 2.39. The molecular formula is C23H43F6N4O5P. The highest BCUT2D eigenvalue weighted by Crippen LogP contribution is 2.51. The first-order valence-electron chi connectivity index (χ1n) is 12.7. The zero-order valence-corrected chi connectivity index (χ0v) is 24.7. The van der Waals surface area contributed by atoms with Crippen molar-refractivity contribution >= 4 is 20.3 Å². The van der Waals surface area contributed by atoms with E-state index in [1.54, 1.807) is 10.6 Å². The van der Waals surface area contributed by atoms with E-state index in [0.717, 1.165) is 0 Å². The molecule has 0 aliphatic rings. The van der Waals surface area contributed by atoms with Crippen molar-refractivity contribution in [3.05, 3.63) is 0 Å². The van der Waals surface area contributed by atoms with Crippen LogP contribution >= 0.6 is 8.45 Å². The van der Waals surface area contributed by atoms with Gasteiger partial charge >= 0.3 is 24.2 Å². The second kappa shape index (κ2) is 17.5. The molecule has 0 heterocycles. The van der Waals surface area contributed by atoms with Crippen LogP contribution in [-0.2, 0) is 23.6 Å². The first-order valence-corrected chi connectivity index (χ1v) is 13.9. The lowest BCUT2D eigenvalue weighted by Crippen LogP contribution is -2.45. The van der Waals surface area contributed by atoms with Gasteiger partial charge in [-0.15, -0.1) is 0 Å². The van der Waals surface area contributed by atoms with Crippen molar-refractivity contribution in [2.75, 3.05) is 39.5 Å². The van der Waals surface area contributed by atoms with Crippen molar-refractivity contribution in [3.63, 3.8) is 0 Å². The van der Waals surface area contributed by atoms with E-state index in [4.69, 9.17) is 14.0 Å². The molecule has 0 aromatic rings. The Morgan fingerprint density at radius 3 is 1.23 bits per heavy atom. The number of amides is 2. The highest BCUT2D eigenvalue weighted by atomic mass is 31.2. The molecule has 0 atom stereocenters. The summed E-state index contributed by atoms with van der Waals surface area (Å²) in [6.07, 6.45) is -10.8. The van der Waals surface area contributed by atoms with Crippen LogP contribution in [0.4, 0.5) is 26.3 Å². The number of hydrogen-bond donors (Lipinski definition) is 2. The monoisotopic (exact) mass is 600 g/mol. The number of nitrogens with one attached hydrogen (secondary N) is 2. The molecular weight excluding hydrogens is 557 g/mol. The maximum Gasteiger partial charge on any atom is 0.471 e. The number of carbonyl (C=O) groups is 2. The highest BCUT2D eigenvalue weighted by molar-refractivity contribution is 7.47. The number of ether oxygens (including phenoxy) is 2. The number of carbonyl (C=O) groups excluding carboxylic acids is 2. The lowest BCUT2D eigenvalue weighted by Gasteiger charge is -2.46. The molecule has 0 aromatic heterocycles. The Bertz CT molecular complexity index is 654. The number of nitrogens with zero attached hydrogens (tertiary/aromatic N) is 2. The van der Waals surface area contributed by atoms with E-state index < -0.39 is 51.8 Å². The van der Waals surface area contributed by atoms with Gasteiger partial charge in [-0.05, 0) is 55.4 Å². The summed E-state index contributed by atoms with van der Waals surface area (Å²) < 4.78 is 96.1. The summed E-state index contributed by atoms with van der Waals surface area (Å²) in [5.41, 5.74) is 0. The van der Waals surface area contributed by atoms with Crippen molar-refractivity contribution in [1.82, 2.24) is 20.0 Å². The van der Waals surface area contributed by atoms with Gasteiger partial charge in [-0.3, -0.25) is 9.59 Å². The number of alkyl halides is 6. The molecule has 0 aliphatic carbocycles. The second-order valence-electron chi connectivity index (χ2n) is 9.77. The van der Waals surface area contributed by atoms with Crippen LogP contribution in [0.25, 0.3) is 0 Å². The van der Waals surface area contributed by atoms with E-state index in [1.165, 1.54) is 0 Å². The van der Waals surface area contributed by atoms with Crippen molar-refractivity contribution in [2.45, 2.75) is 98.0 Å². The van der Waals surface area contributed by atoms with Crippen molar-refractivity contribution in [3.8, 4) is 0 Å². The Balaban J connectivity index is 5.53. The van der Waals surface area contributed by atoms with Gasteiger partial charge in [0.1, 0.15) is 6.10 Å². The van der Waals surface area contributed by atoms with Crippen LogP contribution in [0.15, 0.2) is 0 Å². The standard InChI is InChI=1S/C23H43F6N4O5P/c1-15(2)32(16(3)4)39(33(17(5)6)18(7)8)38-19(13-36-11-9-30-20(34)22(24,25)26)14-37-12-10-31-21(35)23(27,28)29/h15-19H,9-14H2,1-8H3,(H,30,34)(H,31,35). The smallest absolute Gasteiger partial charge is 0.377 e. The van der Waals surface area contributed by atoms with E-state index in [9.17, 15) is 35.9 Å². The summed E-state index contributed by atoms with van der Waals surface area (Å²) in [7, 11) is -1.42. The maximum atomic E-state index is 12.4. The summed E-state index contributed by atoms with van der Waals surface area (Å²) in [5.74, 6) is -4.17. The van der Waals surface area contributed by atoms with Gasteiger partial charge in [0, 0.05) is 37.3 Å². The summed E-state index contributed by atoms with van der Waals surface area (Å²) in [5, 5.41) is 3.42. The van der Waals surface area contributed by atoms with Gasteiger partial charge in [0.2, 0.25) is 0 Å². The van der Waals surface area contributed by atoms with Gasteiger partial charge in [-0.25, -0.2) is 9.34 Å². The first-order chi connectivity index (χ1) is 17.8. The summed E-state index contributed by atoms with van der Waals surface area (Å²) in [4.78, 5) is 22.0. The van der Waals surface area contributed by atoms with Crippen LogP contribution in [0.5, 0.6) is 0 Å². The summed E-state index contributed by atoms with van der Waals surface area (Å²) >= 11 is 0. The molecule has 2 amide bonds. The largest absolute Gasteiger partial charge is 0.471 e. The molecule has 0 aliphatic heterocycles. The van der Waals surface area contributed by atoms with Gasteiger partial charge in [0.25, 0.3) is 0 Å². The van der Waals surface area contributed by atoms with Gasteiger partial charge < -0.3 is 24.6 Å². The Kier molecular flexibility index (Phi) is 17.0. The Morgan fingerprint density at radius 2 is 0.974 bits per heavy atom. The fraction of sp³-hybridized carbons (Fsp3) is 0.913. The molecule has 16 heteroatoms. The fourth-order valence-corrected chi connectivity index (χ4v) is 5.98. The van der Waals surface area contributed by atoms with Crippen molar-refractivity contribution in [1.29, 1.82) is 0 Å². The Hall–Kier alpha value is -1.25. The first kappa shape index (κ1) is 37.8. The predicted molar refractivity (Wildman–Crippen MR) is 136 cm³/mol. The quantitative estimate of drug-likeness (QED) is 0.138. The molecule has 0 unspecified atom stereocenters. The lowest BCUT2D eigenvalue weighted by molar-refractivity contribution is -0.173. The molecule has 9 nitrogen and oxygen atoms in total. The number of hydrogen-bond acceptors (Lipinski definition) is 7. The number of halogens is 6. The minimum atomic E-state index is -5.01. The summed E-state index contributed by atoms with van der Waals surface area (Å²) in [6.45, 7) is 14.7. The van der Waals surface area contributed by atoms with Gasteiger partial charge in [0.15, 0.2) is 8.45 Å². The SMILES string of the molecule is CC(C)N(C(C)C)P(OC(COCCNC(=O)C(F)(F)F)COCCNC(=O)C(F)(F)F)N(C(C)C)C(C)C. The second-order valence-corrected chi connectivity index (χ2v) is 11.4. The van der Waals surface area contributed by atoms with E-state index in [1.807, 2.05) is 55.4 Å². The predicted octanol–water partition coefficient (Wildman–Crippen LogP) is 4.23. The van der Waals surface area contributed by atoms with E-state index in [-0.39, 0.29) is 50.6 Å². The van der Waals surface area contributed by atoms with Gasteiger partial charge in [0.05, 0.1) is 26.4 Å². The number of rotatable bonds is 18. The van der Waals surface area contributed by atoms with E-state index in [0.29, 0.717) is 0 Å². The average Bonchev–Trinajstić information content (AvgIpc) is 2.75. The third-order valence-corrected chi connectivity index (χ3v) is 8.07. The molecule has 0 spiro atoms. The fourth-order valence-electron chi connectivity index (χ4n) is 3.56. The molecule has 0 aromatic carbocycles. The van der Waals surface area contributed by atoms with Crippen LogP contribution < -0.4 is 10.6 Å². The third kappa shape index (κ3) is 14.8. The molecule has 0 radical (unpaired) electrons. The Morgan fingerprint density at radius 1 is 0.667 bits per heavy atom. The minimum absolute atomic E-state index is 0.0776.